The van der Waals surface area contributed by atoms with E-state index in [0.717, 1.165) is 28.8 Å². The number of aromatic nitrogens is 2. The molecule has 3 rings (SSSR count). The minimum Gasteiger partial charge on any atom is -0.493 e. The standard InChI is InChI=1S/C18H20N2O3/c1-4-9-23-17-15(21-2)10-12(11-16(17)22-3)18-19-13-7-5-6-8-14(13)20-18/h5-8,10-11H,4,9H2,1-3H3,(H,19,20). The summed E-state index contributed by atoms with van der Waals surface area (Å²) < 4.78 is 16.7. The molecule has 0 atom stereocenters. The van der Waals surface area contributed by atoms with Crippen molar-refractivity contribution < 1.29 is 14.2 Å². The topological polar surface area (TPSA) is 56.4 Å². The molecule has 0 aliphatic heterocycles. The summed E-state index contributed by atoms with van der Waals surface area (Å²) in [5.41, 5.74) is 2.80. The summed E-state index contributed by atoms with van der Waals surface area (Å²) in [6.45, 7) is 2.67. The first-order chi connectivity index (χ1) is 11.3. The molecular formula is C18H20N2O3. The molecule has 1 N–H and O–H groups in total. The number of aromatic amines is 1. The molecule has 0 spiro atoms. The number of methoxy groups -OCH3 is 2. The van der Waals surface area contributed by atoms with Crippen LogP contribution in [0.25, 0.3) is 22.4 Å². The Morgan fingerprint density at radius 1 is 1.04 bits per heavy atom. The van der Waals surface area contributed by atoms with E-state index in [1.54, 1.807) is 14.2 Å². The van der Waals surface area contributed by atoms with Crippen molar-refractivity contribution in [2.45, 2.75) is 13.3 Å². The maximum Gasteiger partial charge on any atom is 0.203 e. The van der Waals surface area contributed by atoms with Crippen LogP contribution < -0.4 is 14.2 Å². The van der Waals surface area contributed by atoms with Gasteiger partial charge >= 0.3 is 0 Å². The van der Waals surface area contributed by atoms with Crippen LogP contribution in [0.2, 0.25) is 0 Å². The minimum absolute atomic E-state index is 0.608. The van der Waals surface area contributed by atoms with E-state index >= 15 is 0 Å². The van der Waals surface area contributed by atoms with E-state index in [-0.39, 0.29) is 0 Å². The molecule has 5 nitrogen and oxygen atoms in total. The predicted molar refractivity (Wildman–Crippen MR) is 90.4 cm³/mol. The van der Waals surface area contributed by atoms with Crippen molar-refractivity contribution in [1.82, 2.24) is 9.97 Å². The predicted octanol–water partition coefficient (Wildman–Crippen LogP) is 4.04. The zero-order chi connectivity index (χ0) is 16.2. The van der Waals surface area contributed by atoms with Gasteiger partial charge in [-0.1, -0.05) is 19.1 Å². The van der Waals surface area contributed by atoms with Gasteiger partial charge in [-0.3, -0.25) is 0 Å². The smallest absolute Gasteiger partial charge is 0.203 e. The van der Waals surface area contributed by atoms with Crippen LogP contribution in [0.15, 0.2) is 36.4 Å². The number of fused-ring (bicyclic) bond motifs is 1. The quantitative estimate of drug-likeness (QED) is 0.746. The molecule has 0 amide bonds. The van der Waals surface area contributed by atoms with Crippen molar-refractivity contribution in [2.75, 3.05) is 20.8 Å². The van der Waals surface area contributed by atoms with Gasteiger partial charge in [0.25, 0.3) is 0 Å². The van der Waals surface area contributed by atoms with Crippen molar-refractivity contribution in [3.05, 3.63) is 36.4 Å². The molecule has 3 aromatic rings. The number of ether oxygens (including phenoxy) is 3. The molecule has 0 bridgehead atoms. The Labute approximate surface area is 135 Å². The third-order valence-corrected chi connectivity index (χ3v) is 3.57. The lowest BCUT2D eigenvalue weighted by Crippen LogP contribution is -2.01. The Kier molecular flexibility index (Phi) is 4.37. The first-order valence-electron chi connectivity index (χ1n) is 7.60. The van der Waals surface area contributed by atoms with Crippen molar-refractivity contribution in [1.29, 1.82) is 0 Å². The highest BCUT2D eigenvalue weighted by Gasteiger charge is 2.16. The van der Waals surface area contributed by atoms with Crippen LogP contribution in [0, 0.1) is 0 Å². The number of hydrogen-bond acceptors (Lipinski definition) is 4. The fourth-order valence-electron chi connectivity index (χ4n) is 2.45. The highest BCUT2D eigenvalue weighted by molar-refractivity contribution is 5.80. The Balaban J connectivity index is 2.08. The molecule has 1 aromatic heterocycles. The average molecular weight is 312 g/mol. The Hall–Kier alpha value is -2.69. The number of para-hydroxylation sites is 2. The highest BCUT2D eigenvalue weighted by atomic mass is 16.5. The van der Waals surface area contributed by atoms with E-state index in [9.17, 15) is 0 Å². The fourth-order valence-corrected chi connectivity index (χ4v) is 2.45. The summed E-state index contributed by atoms with van der Waals surface area (Å²) in [6.07, 6.45) is 0.914. The molecule has 0 saturated heterocycles. The molecule has 23 heavy (non-hydrogen) atoms. The molecule has 0 radical (unpaired) electrons. The molecular weight excluding hydrogens is 292 g/mol. The number of hydrogen-bond donors (Lipinski definition) is 1. The van der Waals surface area contributed by atoms with Gasteiger partial charge in [0.05, 0.1) is 31.9 Å². The van der Waals surface area contributed by atoms with E-state index < -0.39 is 0 Å². The molecule has 0 unspecified atom stereocenters. The maximum atomic E-state index is 5.77. The number of rotatable bonds is 6. The van der Waals surface area contributed by atoms with Crippen LogP contribution in [0.3, 0.4) is 0 Å². The molecule has 5 heteroatoms. The first kappa shape index (κ1) is 15.2. The molecule has 0 saturated carbocycles. The zero-order valence-corrected chi connectivity index (χ0v) is 13.6. The van der Waals surface area contributed by atoms with Gasteiger partial charge < -0.3 is 19.2 Å². The van der Waals surface area contributed by atoms with Gasteiger partial charge in [-0.2, -0.15) is 0 Å². The van der Waals surface area contributed by atoms with Crippen molar-refractivity contribution in [3.63, 3.8) is 0 Å². The number of imidazole rings is 1. The van der Waals surface area contributed by atoms with E-state index in [2.05, 4.69) is 16.9 Å². The molecule has 120 valence electrons. The maximum absolute atomic E-state index is 5.77. The van der Waals surface area contributed by atoms with Crippen molar-refractivity contribution in [2.24, 2.45) is 0 Å². The summed E-state index contributed by atoms with van der Waals surface area (Å²) in [4.78, 5) is 7.93. The molecule has 2 aromatic carbocycles. The number of benzene rings is 2. The lowest BCUT2D eigenvalue weighted by atomic mass is 10.1. The lowest BCUT2D eigenvalue weighted by Gasteiger charge is -2.15. The number of nitrogens with zero attached hydrogens (tertiary/aromatic N) is 1. The van der Waals surface area contributed by atoms with Crippen molar-refractivity contribution in [3.8, 4) is 28.6 Å². The number of H-pyrrole nitrogens is 1. The van der Waals surface area contributed by atoms with Crippen LogP contribution in [-0.4, -0.2) is 30.8 Å². The molecule has 0 aliphatic rings. The van der Waals surface area contributed by atoms with Gasteiger partial charge in [-0.15, -0.1) is 0 Å². The van der Waals surface area contributed by atoms with Gasteiger partial charge in [0.2, 0.25) is 5.75 Å². The first-order valence-corrected chi connectivity index (χ1v) is 7.60. The Morgan fingerprint density at radius 3 is 2.35 bits per heavy atom. The van der Waals surface area contributed by atoms with Crippen LogP contribution in [0.5, 0.6) is 17.2 Å². The van der Waals surface area contributed by atoms with Gasteiger partial charge in [-0.05, 0) is 30.7 Å². The van der Waals surface area contributed by atoms with Crippen LogP contribution in [0.1, 0.15) is 13.3 Å². The summed E-state index contributed by atoms with van der Waals surface area (Å²) in [7, 11) is 3.24. The average Bonchev–Trinajstić information content (AvgIpc) is 3.03. The second-order valence-corrected chi connectivity index (χ2v) is 5.16. The third kappa shape index (κ3) is 2.95. The largest absolute Gasteiger partial charge is 0.493 e. The van der Waals surface area contributed by atoms with Crippen LogP contribution in [0.4, 0.5) is 0 Å². The van der Waals surface area contributed by atoms with E-state index in [0.29, 0.717) is 23.9 Å². The van der Waals surface area contributed by atoms with E-state index in [1.807, 2.05) is 36.4 Å². The van der Waals surface area contributed by atoms with E-state index in [1.165, 1.54) is 0 Å². The Bertz CT molecular complexity index is 753. The highest BCUT2D eigenvalue weighted by Crippen LogP contribution is 2.41. The molecule has 0 aliphatic carbocycles. The second kappa shape index (κ2) is 6.60. The normalized spacial score (nSPS) is 10.7. The molecule has 1 heterocycles. The van der Waals surface area contributed by atoms with Crippen LogP contribution >= 0.6 is 0 Å². The van der Waals surface area contributed by atoms with Gasteiger partial charge in [-0.25, -0.2) is 4.98 Å². The lowest BCUT2D eigenvalue weighted by molar-refractivity contribution is 0.275. The monoisotopic (exact) mass is 312 g/mol. The summed E-state index contributed by atoms with van der Waals surface area (Å²) >= 11 is 0. The summed E-state index contributed by atoms with van der Waals surface area (Å²) in [5.74, 6) is 2.66. The second-order valence-electron chi connectivity index (χ2n) is 5.16. The number of nitrogens with one attached hydrogen (secondary N) is 1. The van der Waals surface area contributed by atoms with E-state index in [4.69, 9.17) is 14.2 Å². The SMILES string of the molecule is CCCOc1c(OC)cc(-c2nc3ccccc3[nH]2)cc1OC. The Morgan fingerprint density at radius 2 is 1.74 bits per heavy atom. The third-order valence-electron chi connectivity index (χ3n) is 3.57. The van der Waals surface area contributed by atoms with Gasteiger partial charge in [0.1, 0.15) is 5.82 Å². The summed E-state index contributed by atoms with van der Waals surface area (Å²) in [5, 5.41) is 0. The van der Waals surface area contributed by atoms with Gasteiger partial charge in [0.15, 0.2) is 11.5 Å². The van der Waals surface area contributed by atoms with Gasteiger partial charge in [0, 0.05) is 5.56 Å². The fraction of sp³-hybridized carbons (Fsp3) is 0.278. The zero-order valence-electron chi connectivity index (χ0n) is 13.6. The minimum atomic E-state index is 0.608. The summed E-state index contributed by atoms with van der Waals surface area (Å²) in [6, 6.07) is 11.7. The molecule has 0 fully saturated rings. The van der Waals surface area contributed by atoms with Crippen molar-refractivity contribution >= 4 is 11.0 Å². The van der Waals surface area contributed by atoms with Crippen LogP contribution in [-0.2, 0) is 0 Å².